The summed E-state index contributed by atoms with van der Waals surface area (Å²) in [5, 5.41) is 14.6. The first kappa shape index (κ1) is 23.5. The molecule has 0 atom stereocenters. The number of anilines is 2. The average molecular weight is 476 g/mol. The molecule has 1 aliphatic carbocycles. The number of benzene rings is 2. The molecule has 162 valence electrons. The van der Waals surface area contributed by atoms with Crippen LogP contribution in [0.2, 0.25) is 0 Å². The maximum Gasteiger partial charge on any atom is 1.00 e. The smallest absolute Gasteiger partial charge is 0.549 e. The molecular weight excluding hydrogens is 461 g/mol. The van der Waals surface area contributed by atoms with Gasteiger partial charge in [-0.15, -0.1) is 0 Å². The number of thiazole rings is 1. The van der Waals surface area contributed by atoms with Crippen LogP contribution in [0.1, 0.15) is 12.8 Å². The van der Waals surface area contributed by atoms with E-state index in [1.165, 1.54) is 41.9 Å². The van der Waals surface area contributed by atoms with Crippen molar-refractivity contribution in [1.82, 2.24) is 15.0 Å². The van der Waals surface area contributed by atoms with Gasteiger partial charge in [-0.25, -0.2) is 23.7 Å². The van der Waals surface area contributed by atoms with Gasteiger partial charge in [-0.05, 0) is 49.2 Å². The monoisotopic (exact) mass is 476 g/mol. The number of carboxylic acids is 1. The molecule has 0 amide bonds. The second-order valence-electron chi connectivity index (χ2n) is 7.56. The van der Waals surface area contributed by atoms with E-state index < -0.39 is 17.2 Å². The first-order valence-corrected chi connectivity index (χ1v) is 10.5. The molecule has 0 radical (unpaired) electrons. The van der Waals surface area contributed by atoms with Crippen LogP contribution in [0.4, 0.5) is 19.6 Å². The fraction of sp³-hybridized carbons (Fsp3) is 0.182. The fourth-order valence-corrected chi connectivity index (χ4v) is 4.10. The molecular formula is C22H15F2N4NaO3S. The van der Waals surface area contributed by atoms with Crippen molar-refractivity contribution in [3.05, 3.63) is 60.4 Å². The van der Waals surface area contributed by atoms with E-state index in [4.69, 9.17) is 4.74 Å². The summed E-state index contributed by atoms with van der Waals surface area (Å²) in [6, 6.07) is 8.94. The zero-order valence-corrected chi connectivity index (χ0v) is 20.3. The van der Waals surface area contributed by atoms with Crippen molar-refractivity contribution >= 4 is 38.3 Å². The standard InChI is InChI=1S/C22H16F2N4O3S.Na/c23-13-1-4-17-18(7-13)32-21(28-17)27-14-2-3-15(16(24)8-14)12-9-25-20(26-10-12)31-11-22(5-6-22)19(29)30;/h1-4,7-10H,5-6,11H2,(H,27,28)(H,29,30);/q;+1/p-1. The molecule has 0 unspecified atom stereocenters. The molecule has 0 bridgehead atoms. The van der Waals surface area contributed by atoms with Crippen LogP contribution < -0.4 is 44.7 Å². The topological polar surface area (TPSA) is 100 Å². The predicted octanol–water partition coefficient (Wildman–Crippen LogP) is 0.688. The Hall–Kier alpha value is -2.66. The molecule has 0 saturated heterocycles. The molecule has 11 heteroatoms. The van der Waals surface area contributed by atoms with E-state index in [2.05, 4.69) is 20.3 Å². The maximum absolute atomic E-state index is 14.7. The largest absolute Gasteiger partial charge is 1.00 e. The zero-order valence-electron chi connectivity index (χ0n) is 17.5. The van der Waals surface area contributed by atoms with E-state index in [9.17, 15) is 18.7 Å². The van der Waals surface area contributed by atoms with Crippen LogP contribution in [-0.2, 0) is 4.79 Å². The Labute approximate surface area is 213 Å². The summed E-state index contributed by atoms with van der Waals surface area (Å²) in [5.41, 5.74) is 0.931. The second kappa shape index (κ2) is 9.30. The molecule has 1 aliphatic rings. The molecule has 2 aromatic heterocycles. The zero-order chi connectivity index (χ0) is 22.3. The van der Waals surface area contributed by atoms with Gasteiger partial charge in [0.2, 0.25) is 0 Å². The summed E-state index contributed by atoms with van der Waals surface area (Å²) in [5.74, 6) is -1.97. The number of carboxylic acid groups (broad SMARTS) is 1. The SMILES string of the molecule is O=C([O-])C1(COc2ncc(-c3ccc(Nc4nc5ccc(F)cc5s4)cc3F)cn2)CC1.[Na+]. The molecule has 33 heavy (non-hydrogen) atoms. The minimum atomic E-state index is -1.14. The van der Waals surface area contributed by atoms with Gasteiger partial charge >= 0.3 is 35.6 Å². The maximum atomic E-state index is 14.7. The van der Waals surface area contributed by atoms with Crippen molar-refractivity contribution < 1.29 is 53.0 Å². The quantitative estimate of drug-likeness (QED) is 0.392. The summed E-state index contributed by atoms with van der Waals surface area (Å²) >= 11 is 1.27. The van der Waals surface area contributed by atoms with Crippen LogP contribution >= 0.6 is 11.3 Å². The van der Waals surface area contributed by atoms with Crippen molar-refractivity contribution in [3.63, 3.8) is 0 Å². The number of hydrogen-bond donors (Lipinski definition) is 1. The number of fused-ring (bicyclic) bond motifs is 1. The number of hydrogen-bond acceptors (Lipinski definition) is 8. The van der Waals surface area contributed by atoms with Gasteiger partial charge in [0.05, 0.1) is 16.2 Å². The Morgan fingerprint density at radius 3 is 2.58 bits per heavy atom. The van der Waals surface area contributed by atoms with Gasteiger partial charge in [-0.2, -0.15) is 0 Å². The predicted molar refractivity (Wildman–Crippen MR) is 112 cm³/mol. The van der Waals surface area contributed by atoms with E-state index in [0.29, 0.717) is 45.0 Å². The first-order valence-electron chi connectivity index (χ1n) is 9.71. The Bertz CT molecular complexity index is 1330. The molecule has 0 aliphatic heterocycles. The van der Waals surface area contributed by atoms with E-state index in [1.54, 1.807) is 18.2 Å². The molecule has 5 rings (SSSR count). The molecule has 2 aromatic carbocycles. The molecule has 1 saturated carbocycles. The Balaban J connectivity index is 0.00000259. The Kier molecular flexibility index (Phi) is 6.62. The van der Waals surface area contributed by atoms with Gasteiger partial charge < -0.3 is 20.0 Å². The number of ether oxygens (including phenoxy) is 1. The fourth-order valence-electron chi connectivity index (χ4n) is 3.19. The number of rotatable bonds is 7. The number of halogens is 2. The number of carbonyl (C=O) groups is 1. The van der Waals surface area contributed by atoms with Crippen LogP contribution in [0, 0.1) is 17.0 Å². The second-order valence-corrected chi connectivity index (χ2v) is 8.59. The first-order chi connectivity index (χ1) is 15.4. The number of carbonyl (C=O) groups excluding carboxylic acids is 1. The number of aromatic nitrogens is 3. The summed E-state index contributed by atoms with van der Waals surface area (Å²) in [6.07, 6.45) is 3.84. The van der Waals surface area contributed by atoms with Crippen LogP contribution in [0.25, 0.3) is 21.3 Å². The van der Waals surface area contributed by atoms with Crippen LogP contribution in [0.3, 0.4) is 0 Å². The number of nitrogens with one attached hydrogen (secondary N) is 1. The summed E-state index contributed by atoms with van der Waals surface area (Å²) < 4.78 is 34.1. The van der Waals surface area contributed by atoms with Crippen LogP contribution in [0.15, 0.2) is 48.8 Å². The van der Waals surface area contributed by atoms with E-state index >= 15 is 0 Å². The van der Waals surface area contributed by atoms with Crippen molar-refractivity contribution in [2.75, 3.05) is 11.9 Å². The van der Waals surface area contributed by atoms with Gasteiger partial charge in [0.15, 0.2) is 5.13 Å². The van der Waals surface area contributed by atoms with Crippen molar-refractivity contribution in [1.29, 1.82) is 0 Å². The summed E-state index contributed by atoms with van der Waals surface area (Å²) in [4.78, 5) is 23.5. The van der Waals surface area contributed by atoms with Gasteiger partial charge in [0.1, 0.15) is 18.2 Å². The van der Waals surface area contributed by atoms with Crippen LogP contribution in [-0.4, -0.2) is 27.5 Å². The number of aliphatic carboxylic acids is 1. The normalized spacial score (nSPS) is 13.9. The van der Waals surface area contributed by atoms with Gasteiger partial charge in [-0.3, -0.25) is 0 Å². The third kappa shape index (κ3) is 4.98. The van der Waals surface area contributed by atoms with Gasteiger partial charge in [0.25, 0.3) is 0 Å². The van der Waals surface area contributed by atoms with Crippen molar-refractivity contribution in [3.8, 4) is 17.1 Å². The van der Waals surface area contributed by atoms with E-state index in [0.717, 1.165) is 0 Å². The van der Waals surface area contributed by atoms with Gasteiger partial charge in [0, 0.05) is 34.6 Å². The minimum absolute atomic E-state index is 0. The Morgan fingerprint density at radius 2 is 1.91 bits per heavy atom. The molecule has 7 nitrogen and oxygen atoms in total. The third-order valence-electron chi connectivity index (χ3n) is 5.27. The van der Waals surface area contributed by atoms with Crippen LogP contribution in [0.5, 0.6) is 6.01 Å². The molecule has 0 spiro atoms. The molecule has 2 heterocycles. The Morgan fingerprint density at radius 1 is 1.15 bits per heavy atom. The molecule has 1 N–H and O–H groups in total. The van der Waals surface area contributed by atoms with E-state index in [-0.39, 0.29) is 48.0 Å². The molecule has 1 fully saturated rings. The summed E-state index contributed by atoms with van der Waals surface area (Å²) in [7, 11) is 0. The van der Waals surface area contributed by atoms with E-state index in [1.807, 2.05) is 0 Å². The van der Waals surface area contributed by atoms with Gasteiger partial charge in [-0.1, -0.05) is 11.3 Å². The van der Waals surface area contributed by atoms with Crippen molar-refractivity contribution in [2.45, 2.75) is 12.8 Å². The minimum Gasteiger partial charge on any atom is -0.549 e. The molecule has 4 aromatic rings. The number of nitrogens with zero attached hydrogens (tertiary/aromatic N) is 3. The summed E-state index contributed by atoms with van der Waals surface area (Å²) in [6.45, 7) is -0.0538. The van der Waals surface area contributed by atoms with Crippen molar-refractivity contribution in [2.24, 2.45) is 5.41 Å². The average Bonchev–Trinajstić information content (AvgIpc) is 3.47. The third-order valence-corrected chi connectivity index (χ3v) is 6.21.